The van der Waals surface area contributed by atoms with Gasteiger partial charge in [-0.25, -0.2) is 0 Å². The van der Waals surface area contributed by atoms with E-state index in [9.17, 15) is 0 Å². The quantitative estimate of drug-likeness (QED) is 0.728. The average molecular weight is 289 g/mol. The molecule has 0 fully saturated rings. The lowest BCUT2D eigenvalue weighted by Crippen LogP contribution is -1.87. The zero-order valence-corrected chi connectivity index (χ0v) is 11.3. The first-order valence-electron chi connectivity index (χ1n) is 4.98. The van der Waals surface area contributed by atoms with Crippen LogP contribution in [0.5, 0.6) is 0 Å². The summed E-state index contributed by atoms with van der Waals surface area (Å²) in [5, 5.41) is 3.30. The van der Waals surface area contributed by atoms with Gasteiger partial charge in [-0.15, -0.1) is 0 Å². The number of hydrogen-bond acceptors (Lipinski definition) is 1. The van der Waals surface area contributed by atoms with Crippen molar-refractivity contribution in [2.75, 3.05) is 5.32 Å². The van der Waals surface area contributed by atoms with Crippen LogP contribution in [0.3, 0.4) is 0 Å². The molecule has 0 saturated heterocycles. The monoisotopic (exact) mass is 287 g/mol. The molecule has 1 nitrogen and oxygen atoms in total. The van der Waals surface area contributed by atoms with Crippen LogP contribution in [0.4, 0.5) is 11.4 Å². The second-order valence-corrected chi connectivity index (χ2v) is 5.08. The van der Waals surface area contributed by atoms with Crippen molar-refractivity contribution in [2.45, 2.75) is 4.30 Å². The predicted octanol–water partition coefficient (Wildman–Crippen LogP) is 5.42. The molecule has 0 spiro atoms. The fourth-order valence-electron chi connectivity index (χ4n) is 1.21. The minimum absolute atomic E-state index is 0.750. The number of nitrogens with one attached hydrogen (secondary N) is 1. The Morgan fingerprint density at radius 3 is 1.24 bits per heavy atom. The highest BCUT2D eigenvalue weighted by Gasteiger charge is 1.89. The molecule has 0 heterocycles. The summed E-state index contributed by atoms with van der Waals surface area (Å²) in [5.74, 6) is 0. The lowest BCUT2D eigenvalue weighted by atomic mass is 10.3. The first-order chi connectivity index (χ1) is 8.18. The van der Waals surface area contributed by atoms with Crippen molar-refractivity contribution in [1.29, 1.82) is 0 Å². The minimum Gasteiger partial charge on any atom is -0.356 e. The normalized spacial score (nSPS) is 9.41. The molecule has 0 aromatic heterocycles. The predicted molar refractivity (Wildman–Crippen MR) is 77.5 cm³/mol. The van der Waals surface area contributed by atoms with E-state index in [0.29, 0.717) is 0 Å². The van der Waals surface area contributed by atoms with Crippen LogP contribution >= 0.6 is 34.8 Å². The van der Waals surface area contributed by atoms with Crippen LogP contribution in [0.2, 0.25) is 0 Å². The smallest absolute Gasteiger partial charge is 0.180 e. The summed E-state index contributed by atoms with van der Waals surface area (Å²) < 4.78 is -0.750. The van der Waals surface area contributed by atoms with E-state index in [1.54, 1.807) is 0 Å². The molecular formula is C13H12Cl3N. The summed E-state index contributed by atoms with van der Waals surface area (Å²) in [6.07, 6.45) is 0. The van der Waals surface area contributed by atoms with Gasteiger partial charge in [-0.05, 0) is 24.3 Å². The fourth-order valence-corrected chi connectivity index (χ4v) is 1.21. The van der Waals surface area contributed by atoms with E-state index in [4.69, 9.17) is 34.8 Å². The van der Waals surface area contributed by atoms with Crippen LogP contribution in [0.15, 0.2) is 60.7 Å². The van der Waals surface area contributed by atoms with Gasteiger partial charge in [0, 0.05) is 11.4 Å². The molecule has 17 heavy (non-hydrogen) atoms. The summed E-state index contributed by atoms with van der Waals surface area (Å²) in [6.45, 7) is 0. The number of para-hydroxylation sites is 2. The van der Waals surface area contributed by atoms with Gasteiger partial charge in [0.15, 0.2) is 4.30 Å². The van der Waals surface area contributed by atoms with E-state index >= 15 is 0 Å². The van der Waals surface area contributed by atoms with E-state index in [1.807, 2.05) is 60.7 Å². The second-order valence-electron chi connectivity index (χ2n) is 3.10. The van der Waals surface area contributed by atoms with E-state index < -0.39 is 4.30 Å². The minimum atomic E-state index is -0.750. The Morgan fingerprint density at radius 2 is 0.941 bits per heavy atom. The van der Waals surface area contributed by atoms with Crippen molar-refractivity contribution in [2.24, 2.45) is 0 Å². The third kappa shape index (κ3) is 7.11. The highest BCUT2D eigenvalue weighted by atomic mass is 35.6. The molecule has 0 saturated carbocycles. The van der Waals surface area contributed by atoms with Crippen molar-refractivity contribution >= 4 is 46.2 Å². The molecule has 90 valence electrons. The third-order valence-electron chi connectivity index (χ3n) is 1.84. The van der Waals surface area contributed by atoms with Gasteiger partial charge in [-0.3, -0.25) is 0 Å². The maximum atomic E-state index is 4.81. The highest BCUT2D eigenvalue weighted by molar-refractivity contribution is 6.63. The van der Waals surface area contributed by atoms with Gasteiger partial charge in [0.1, 0.15) is 0 Å². The summed E-state index contributed by atoms with van der Waals surface area (Å²) in [7, 11) is 0. The topological polar surface area (TPSA) is 12.0 Å². The van der Waals surface area contributed by atoms with Gasteiger partial charge in [-0.2, -0.15) is 0 Å². The molecule has 2 aromatic rings. The molecule has 0 amide bonds. The van der Waals surface area contributed by atoms with Gasteiger partial charge < -0.3 is 5.32 Å². The molecular weight excluding hydrogens is 277 g/mol. The lowest BCUT2D eigenvalue weighted by molar-refractivity contribution is 1.55. The Bertz CT molecular complexity index is 363. The number of rotatable bonds is 2. The van der Waals surface area contributed by atoms with Gasteiger partial charge in [0.25, 0.3) is 0 Å². The molecule has 0 aliphatic heterocycles. The zero-order chi connectivity index (χ0) is 12.5. The summed E-state index contributed by atoms with van der Waals surface area (Å²) in [5.41, 5.74) is 2.24. The van der Waals surface area contributed by atoms with E-state index in [0.717, 1.165) is 11.4 Å². The molecule has 1 N–H and O–H groups in total. The van der Waals surface area contributed by atoms with Crippen LogP contribution in [0, 0.1) is 0 Å². The number of hydrogen-bond donors (Lipinski definition) is 1. The Hall–Kier alpha value is -0.890. The number of alkyl halides is 3. The molecule has 0 aliphatic rings. The van der Waals surface area contributed by atoms with Crippen LogP contribution in [0.25, 0.3) is 0 Å². The van der Waals surface area contributed by atoms with Gasteiger partial charge in [0.2, 0.25) is 0 Å². The average Bonchev–Trinajstić information content (AvgIpc) is 2.31. The number of halogens is 3. The molecule has 4 heteroatoms. The molecule has 0 bridgehead atoms. The summed E-state index contributed by atoms with van der Waals surface area (Å²) >= 11 is 14.4. The SMILES string of the molecule is ClC(Cl)Cl.c1ccc(Nc2ccccc2)cc1. The fraction of sp³-hybridized carbons (Fsp3) is 0.0769. The van der Waals surface area contributed by atoms with Crippen LogP contribution < -0.4 is 5.32 Å². The molecule has 2 rings (SSSR count). The third-order valence-corrected chi connectivity index (χ3v) is 1.84. The lowest BCUT2D eigenvalue weighted by Gasteiger charge is -2.04. The van der Waals surface area contributed by atoms with Crippen LogP contribution in [0.1, 0.15) is 0 Å². The van der Waals surface area contributed by atoms with E-state index in [-0.39, 0.29) is 0 Å². The largest absolute Gasteiger partial charge is 0.356 e. The van der Waals surface area contributed by atoms with Gasteiger partial charge in [0.05, 0.1) is 0 Å². The molecule has 2 aromatic carbocycles. The van der Waals surface area contributed by atoms with E-state index in [2.05, 4.69) is 5.32 Å². The Balaban J connectivity index is 0.000000317. The van der Waals surface area contributed by atoms with Crippen molar-refractivity contribution < 1.29 is 0 Å². The highest BCUT2D eigenvalue weighted by Crippen LogP contribution is 2.14. The Morgan fingerprint density at radius 1 is 0.647 bits per heavy atom. The second kappa shape index (κ2) is 8.24. The van der Waals surface area contributed by atoms with E-state index in [1.165, 1.54) is 0 Å². The molecule has 0 unspecified atom stereocenters. The molecule has 0 radical (unpaired) electrons. The molecule has 0 atom stereocenters. The summed E-state index contributed by atoms with van der Waals surface area (Å²) in [6, 6.07) is 20.3. The number of anilines is 2. The maximum absolute atomic E-state index is 4.81. The van der Waals surface area contributed by atoms with Crippen molar-refractivity contribution in [3.05, 3.63) is 60.7 Å². The van der Waals surface area contributed by atoms with Crippen LogP contribution in [-0.2, 0) is 0 Å². The maximum Gasteiger partial charge on any atom is 0.180 e. The standard InChI is InChI=1S/C12H11N.CHCl3/c1-3-7-11(8-4-1)13-12-9-5-2-6-10-12;2-1(3)4/h1-10,13H;1H. The first kappa shape index (κ1) is 14.2. The Labute approximate surface area is 116 Å². The van der Waals surface area contributed by atoms with Crippen molar-refractivity contribution in [3.63, 3.8) is 0 Å². The summed E-state index contributed by atoms with van der Waals surface area (Å²) in [4.78, 5) is 0. The van der Waals surface area contributed by atoms with Crippen molar-refractivity contribution in [1.82, 2.24) is 0 Å². The zero-order valence-electron chi connectivity index (χ0n) is 8.98. The van der Waals surface area contributed by atoms with Gasteiger partial charge >= 0.3 is 0 Å². The van der Waals surface area contributed by atoms with Crippen LogP contribution in [-0.4, -0.2) is 4.30 Å². The van der Waals surface area contributed by atoms with Gasteiger partial charge in [-0.1, -0.05) is 71.2 Å². The first-order valence-corrected chi connectivity index (χ1v) is 6.29. The molecule has 0 aliphatic carbocycles. The van der Waals surface area contributed by atoms with Crippen molar-refractivity contribution in [3.8, 4) is 0 Å². The Kier molecular flexibility index (Phi) is 6.87. The number of benzene rings is 2.